The summed E-state index contributed by atoms with van der Waals surface area (Å²) in [7, 11) is 0. The van der Waals surface area contributed by atoms with E-state index in [-0.39, 0.29) is 5.78 Å². The fourth-order valence-electron chi connectivity index (χ4n) is 2.91. The maximum Gasteiger partial charge on any atom is 0.173 e. The molecule has 1 unspecified atom stereocenters. The lowest BCUT2D eigenvalue weighted by atomic mass is 9.70. The normalized spacial score (nSPS) is 28.2. The molecule has 0 radical (unpaired) electrons. The van der Waals surface area contributed by atoms with Gasteiger partial charge in [0.25, 0.3) is 0 Å². The Labute approximate surface area is 97.2 Å². The summed E-state index contributed by atoms with van der Waals surface area (Å²) in [4.78, 5) is 12.2. The molecule has 0 amide bonds. The van der Waals surface area contributed by atoms with Gasteiger partial charge in [0.05, 0.1) is 5.41 Å². The third-order valence-electron chi connectivity index (χ3n) is 3.70. The number of carbonyl (C=O) groups is 1. The average molecular weight is 214 g/mol. The molecule has 2 aliphatic rings. The van der Waals surface area contributed by atoms with E-state index in [1.807, 2.05) is 12.2 Å². The van der Waals surface area contributed by atoms with Crippen LogP contribution in [-0.4, -0.2) is 5.78 Å². The zero-order valence-electron chi connectivity index (χ0n) is 10.2. The van der Waals surface area contributed by atoms with E-state index in [0.29, 0.717) is 0 Å². The molecular formula is C15H18O. The first kappa shape index (κ1) is 11.1. The van der Waals surface area contributed by atoms with E-state index in [2.05, 4.69) is 32.9 Å². The zero-order chi connectivity index (χ0) is 11.8. The fraction of sp³-hybridized carbons (Fsp3) is 0.400. The maximum absolute atomic E-state index is 12.2. The van der Waals surface area contributed by atoms with Gasteiger partial charge in [-0.15, -0.1) is 0 Å². The van der Waals surface area contributed by atoms with E-state index in [4.69, 9.17) is 0 Å². The van der Waals surface area contributed by atoms with Gasteiger partial charge < -0.3 is 0 Å². The SMILES string of the molecule is CCC1=C(CC)C2(C=CC=CC2=O)C(C)=C1. The molecular weight excluding hydrogens is 196 g/mol. The van der Waals surface area contributed by atoms with Crippen LogP contribution >= 0.6 is 0 Å². The molecule has 1 spiro atoms. The Morgan fingerprint density at radius 1 is 1.19 bits per heavy atom. The fourth-order valence-corrected chi connectivity index (χ4v) is 2.91. The summed E-state index contributed by atoms with van der Waals surface area (Å²) in [5.74, 6) is 0.212. The molecule has 0 bridgehead atoms. The summed E-state index contributed by atoms with van der Waals surface area (Å²) in [6.45, 7) is 6.36. The highest BCUT2D eigenvalue weighted by Crippen LogP contribution is 2.48. The molecule has 0 aromatic carbocycles. The smallest absolute Gasteiger partial charge is 0.173 e. The minimum Gasteiger partial charge on any atom is -0.293 e. The van der Waals surface area contributed by atoms with Crippen molar-refractivity contribution in [3.63, 3.8) is 0 Å². The minimum absolute atomic E-state index is 0.212. The predicted octanol–water partition coefficient (Wildman–Crippen LogP) is 3.74. The van der Waals surface area contributed by atoms with Gasteiger partial charge in [-0.05, 0) is 37.0 Å². The van der Waals surface area contributed by atoms with E-state index in [0.717, 1.165) is 12.8 Å². The van der Waals surface area contributed by atoms with E-state index in [1.165, 1.54) is 16.7 Å². The van der Waals surface area contributed by atoms with Crippen LogP contribution in [0.4, 0.5) is 0 Å². The number of carbonyl (C=O) groups excluding carboxylic acids is 1. The van der Waals surface area contributed by atoms with Crippen LogP contribution in [0.3, 0.4) is 0 Å². The molecule has 0 fully saturated rings. The van der Waals surface area contributed by atoms with E-state index < -0.39 is 5.41 Å². The highest BCUT2D eigenvalue weighted by Gasteiger charge is 2.43. The van der Waals surface area contributed by atoms with Gasteiger partial charge in [0, 0.05) is 0 Å². The topological polar surface area (TPSA) is 17.1 Å². The molecule has 0 heterocycles. The summed E-state index contributed by atoms with van der Waals surface area (Å²) >= 11 is 0. The van der Waals surface area contributed by atoms with Crippen molar-refractivity contribution in [2.45, 2.75) is 33.6 Å². The number of ketones is 1. The summed E-state index contributed by atoms with van der Waals surface area (Å²) in [5, 5.41) is 0. The third kappa shape index (κ3) is 1.27. The first-order chi connectivity index (χ1) is 7.66. The molecule has 0 aromatic rings. The first-order valence-electron chi connectivity index (χ1n) is 5.98. The molecule has 0 saturated heterocycles. The molecule has 2 aliphatic carbocycles. The van der Waals surface area contributed by atoms with Crippen molar-refractivity contribution in [2.24, 2.45) is 5.41 Å². The average Bonchev–Trinajstić information content (AvgIpc) is 2.56. The Balaban J connectivity index is 2.60. The molecule has 0 saturated carbocycles. The highest BCUT2D eigenvalue weighted by molar-refractivity contribution is 6.03. The van der Waals surface area contributed by atoms with E-state index >= 15 is 0 Å². The van der Waals surface area contributed by atoms with E-state index in [9.17, 15) is 4.79 Å². The number of hydrogen-bond donors (Lipinski definition) is 0. The first-order valence-corrected chi connectivity index (χ1v) is 5.98. The lowest BCUT2D eigenvalue weighted by molar-refractivity contribution is -0.118. The van der Waals surface area contributed by atoms with E-state index in [1.54, 1.807) is 6.08 Å². The second-order valence-electron chi connectivity index (χ2n) is 4.43. The van der Waals surface area contributed by atoms with Crippen LogP contribution in [0.2, 0.25) is 0 Å². The van der Waals surface area contributed by atoms with Crippen LogP contribution in [-0.2, 0) is 4.79 Å². The van der Waals surface area contributed by atoms with Crippen molar-refractivity contribution in [2.75, 3.05) is 0 Å². The summed E-state index contributed by atoms with van der Waals surface area (Å²) < 4.78 is 0. The lowest BCUT2D eigenvalue weighted by Crippen LogP contribution is -2.30. The standard InChI is InChI=1S/C15H18O/c1-4-12-10-11(3)15(13(12)5-2)9-7-6-8-14(15)16/h6-10H,4-5H2,1-3H3. The van der Waals surface area contributed by atoms with Crippen LogP contribution in [0.25, 0.3) is 0 Å². The second kappa shape index (κ2) is 3.89. The summed E-state index contributed by atoms with van der Waals surface area (Å²) in [5.41, 5.74) is 3.37. The molecule has 16 heavy (non-hydrogen) atoms. The molecule has 0 N–H and O–H groups in total. The second-order valence-corrected chi connectivity index (χ2v) is 4.43. The Morgan fingerprint density at radius 2 is 1.94 bits per heavy atom. The Kier molecular flexibility index (Phi) is 2.71. The van der Waals surface area contributed by atoms with Gasteiger partial charge in [0.2, 0.25) is 0 Å². The zero-order valence-corrected chi connectivity index (χ0v) is 10.2. The van der Waals surface area contributed by atoms with Gasteiger partial charge in [-0.1, -0.05) is 43.7 Å². The number of rotatable bonds is 2. The van der Waals surface area contributed by atoms with Gasteiger partial charge in [0.15, 0.2) is 5.78 Å². The number of allylic oxidation sites excluding steroid dienone is 8. The van der Waals surface area contributed by atoms with Crippen molar-refractivity contribution in [1.82, 2.24) is 0 Å². The summed E-state index contributed by atoms with van der Waals surface area (Å²) in [6.07, 6.45) is 11.7. The highest BCUT2D eigenvalue weighted by atomic mass is 16.1. The largest absolute Gasteiger partial charge is 0.293 e. The van der Waals surface area contributed by atoms with Gasteiger partial charge in [0.1, 0.15) is 0 Å². The molecule has 1 nitrogen and oxygen atoms in total. The molecule has 84 valence electrons. The van der Waals surface area contributed by atoms with Crippen molar-refractivity contribution < 1.29 is 4.79 Å². The molecule has 1 heteroatoms. The molecule has 2 rings (SSSR count). The van der Waals surface area contributed by atoms with Crippen LogP contribution in [0.15, 0.2) is 47.1 Å². The van der Waals surface area contributed by atoms with Crippen molar-refractivity contribution in [3.8, 4) is 0 Å². The lowest BCUT2D eigenvalue weighted by Gasteiger charge is -2.30. The maximum atomic E-state index is 12.2. The number of hydrogen-bond acceptors (Lipinski definition) is 1. The van der Waals surface area contributed by atoms with Gasteiger partial charge >= 0.3 is 0 Å². The third-order valence-corrected chi connectivity index (χ3v) is 3.70. The Morgan fingerprint density at radius 3 is 2.50 bits per heavy atom. The predicted molar refractivity (Wildman–Crippen MR) is 67.1 cm³/mol. The summed E-state index contributed by atoms with van der Waals surface area (Å²) in [6, 6.07) is 0. The van der Waals surface area contributed by atoms with Gasteiger partial charge in [-0.25, -0.2) is 0 Å². The van der Waals surface area contributed by atoms with Crippen LogP contribution in [0.1, 0.15) is 33.6 Å². The van der Waals surface area contributed by atoms with Crippen LogP contribution in [0, 0.1) is 5.41 Å². The minimum atomic E-state index is -0.436. The monoisotopic (exact) mass is 214 g/mol. The quantitative estimate of drug-likeness (QED) is 0.684. The molecule has 0 aliphatic heterocycles. The van der Waals surface area contributed by atoms with Crippen LogP contribution < -0.4 is 0 Å². The van der Waals surface area contributed by atoms with Crippen LogP contribution in [0.5, 0.6) is 0 Å². The van der Waals surface area contributed by atoms with Gasteiger partial charge in [-0.3, -0.25) is 4.79 Å². The Bertz CT molecular complexity index is 446. The molecule has 1 atom stereocenters. The Hall–Kier alpha value is -1.37. The van der Waals surface area contributed by atoms with Crippen molar-refractivity contribution in [1.29, 1.82) is 0 Å². The van der Waals surface area contributed by atoms with Gasteiger partial charge in [-0.2, -0.15) is 0 Å². The molecule has 0 aromatic heterocycles. The van der Waals surface area contributed by atoms with Crippen molar-refractivity contribution >= 4 is 5.78 Å². The van der Waals surface area contributed by atoms with Crippen molar-refractivity contribution in [3.05, 3.63) is 47.1 Å².